The molecule has 0 saturated carbocycles. The lowest BCUT2D eigenvalue weighted by molar-refractivity contribution is 0.0751. The van der Waals surface area contributed by atoms with Gasteiger partial charge in [0.25, 0.3) is 5.91 Å². The highest BCUT2D eigenvalue weighted by Crippen LogP contribution is 2.24. The quantitative estimate of drug-likeness (QED) is 0.796. The number of carbonyl (C=O) groups is 1. The number of thiophene rings is 1. The molecule has 0 atom stereocenters. The molecule has 0 N–H and O–H groups in total. The van der Waals surface area contributed by atoms with Crippen molar-refractivity contribution in [3.63, 3.8) is 0 Å². The summed E-state index contributed by atoms with van der Waals surface area (Å²) in [5.41, 5.74) is 1.29. The maximum atomic E-state index is 12.7. The summed E-state index contributed by atoms with van der Waals surface area (Å²) in [4.78, 5) is 23.4. The summed E-state index contributed by atoms with van der Waals surface area (Å²) in [5.74, 6) is 1.14. The van der Waals surface area contributed by atoms with E-state index in [1.165, 1.54) is 10.4 Å². The van der Waals surface area contributed by atoms with E-state index in [1.807, 2.05) is 23.2 Å². The van der Waals surface area contributed by atoms with Gasteiger partial charge < -0.3 is 9.80 Å². The van der Waals surface area contributed by atoms with Gasteiger partial charge in [-0.1, -0.05) is 6.92 Å². The zero-order valence-corrected chi connectivity index (χ0v) is 15.8. The second-order valence-corrected chi connectivity index (χ2v) is 7.83. The fourth-order valence-electron chi connectivity index (χ4n) is 2.83. The highest BCUT2D eigenvalue weighted by atomic mass is 79.9. The first-order valence-electron chi connectivity index (χ1n) is 7.83. The van der Waals surface area contributed by atoms with E-state index in [9.17, 15) is 4.79 Å². The average molecular weight is 394 g/mol. The average Bonchev–Trinajstić information content (AvgIpc) is 2.96. The Morgan fingerprint density at radius 1 is 1.30 bits per heavy atom. The van der Waals surface area contributed by atoms with Crippen LogP contribution in [0.4, 0.5) is 5.82 Å². The molecule has 2 aromatic rings. The second-order valence-electron chi connectivity index (χ2n) is 5.66. The van der Waals surface area contributed by atoms with Crippen molar-refractivity contribution in [2.24, 2.45) is 0 Å². The van der Waals surface area contributed by atoms with Gasteiger partial charge in [0, 0.05) is 41.7 Å². The molecule has 122 valence electrons. The minimum atomic E-state index is 0.168. The number of carbonyl (C=O) groups excluding carboxylic acids is 1. The largest absolute Gasteiger partial charge is 0.353 e. The Balaban J connectivity index is 1.64. The molecular weight excluding hydrogens is 374 g/mol. The van der Waals surface area contributed by atoms with Crippen molar-refractivity contribution < 1.29 is 4.79 Å². The molecule has 1 aliphatic rings. The molecule has 0 spiro atoms. The SMILES string of the molecule is CCc1cc(C(=O)N2CCN(c3ccc(Br)cn3)CC2)sc1C. The number of hydrogen-bond acceptors (Lipinski definition) is 4. The standard InChI is InChI=1S/C17H20BrN3OS/c1-3-13-10-15(23-12(13)2)17(22)21-8-6-20(7-9-21)16-5-4-14(18)11-19-16/h4-5,10-11H,3,6-9H2,1-2H3. The van der Waals surface area contributed by atoms with E-state index in [0.717, 1.165) is 47.8 Å². The van der Waals surface area contributed by atoms with E-state index in [0.29, 0.717) is 0 Å². The van der Waals surface area contributed by atoms with E-state index >= 15 is 0 Å². The molecule has 1 amide bonds. The maximum absolute atomic E-state index is 12.7. The van der Waals surface area contributed by atoms with Crippen LogP contribution in [0.5, 0.6) is 0 Å². The highest BCUT2D eigenvalue weighted by Gasteiger charge is 2.24. The Morgan fingerprint density at radius 3 is 2.61 bits per heavy atom. The summed E-state index contributed by atoms with van der Waals surface area (Å²) >= 11 is 5.02. The maximum Gasteiger partial charge on any atom is 0.264 e. The van der Waals surface area contributed by atoms with Crippen molar-refractivity contribution in [1.29, 1.82) is 0 Å². The van der Waals surface area contributed by atoms with Crippen molar-refractivity contribution in [3.8, 4) is 0 Å². The molecular formula is C17H20BrN3OS. The molecule has 0 aromatic carbocycles. The molecule has 1 aliphatic heterocycles. The lowest BCUT2D eigenvalue weighted by Crippen LogP contribution is -2.48. The first-order chi connectivity index (χ1) is 11.1. The van der Waals surface area contributed by atoms with Crippen LogP contribution >= 0.6 is 27.3 Å². The van der Waals surface area contributed by atoms with Crippen molar-refractivity contribution in [3.05, 3.63) is 44.2 Å². The highest BCUT2D eigenvalue weighted by molar-refractivity contribution is 9.10. The van der Waals surface area contributed by atoms with Crippen LogP contribution in [-0.2, 0) is 6.42 Å². The number of halogens is 1. The van der Waals surface area contributed by atoms with Crippen molar-refractivity contribution in [2.75, 3.05) is 31.1 Å². The lowest BCUT2D eigenvalue weighted by Gasteiger charge is -2.35. The van der Waals surface area contributed by atoms with Crippen LogP contribution < -0.4 is 4.90 Å². The third kappa shape index (κ3) is 3.58. The van der Waals surface area contributed by atoms with Crippen molar-refractivity contribution in [1.82, 2.24) is 9.88 Å². The van der Waals surface area contributed by atoms with Gasteiger partial charge in [-0.3, -0.25) is 4.79 Å². The Hall–Kier alpha value is -1.40. The van der Waals surface area contributed by atoms with Crippen LogP contribution in [0.3, 0.4) is 0 Å². The van der Waals surface area contributed by atoms with Gasteiger partial charge in [0.1, 0.15) is 5.82 Å². The number of aryl methyl sites for hydroxylation is 2. The van der Waals surface area contributed by atoms with E-state index in [-0.39, 0.29) is 5.91 Å². The van der Waals surface area contributed by atoms with Gasteiger partial charge in [0.2, 0.25) is 0 Å². The monoisotopic (exact) mass is 393 g/mol. The van der Waals surface area contributed by atoms with E-state index in [2.05, 4.69) is 45.7 Å². The third-order valence-corrected chi connectivity index (χ3v) is 5.76. The van der Waals surface area contributed by atoms with Gasteiger partial charge in [-0.25, -0.2) is 4.98 Å². The molecule has 4 nitrogen and oxygen atoms in total. The first-order valence-corrected chi connectivity index (χ1v) is 9.44. The molecule has 6 heteroatoms. The van der Waals surface area contributed by atoms with E-state index in [4.69, 9.17) is 0 Å². The Bertz CT molecular complexity index is 690. The zero-order valence-electron chi connectivity index (χ0n) is 13.4. The van der Waals surface area contributed by atoms with Gasteiger partial charge in [-0.2, -0.15) is 0 Å². The molecule has 0 unspecified atom stereocenters. The van der Waals surface area contributed by atoms with Crippen LogP contribution in [-0.4, -0.2) is 42.0 Å². The van der Waals surface area contributed by atoms with Crippen LogP contribution in [0.1, 0.15) is 27.0 Å². The fraction of sp³-hybridized carbons (Fsp3) is 0.412. The van der Waals surface area contributed by atoms with Crippen LogP contribution in [0.25, 0.3) is 0 Å². The van der Waals surface area contributed by atoms with E-state index < -0.39 is 0 Å². The molecule has 0 bridgehead atoms. The summed E-state index contributed by atoms with van der Waals surface area (Å²) in [5, 5.41) is 0. The van der Waals surface area contributed by atoms with Crippen LogP contribution in [0.15, 0.2) is 28.9 Å². The number of amides is 1. The summed E-state index contributed by atoms with van der Waals surface area (Å²) in [6.45, 7) is 7.37. The summed E-state index contributed by atoms with van der Waals surface area (Å²) in [6, 6.07) is 6.07. The number of hydrogen-bond donors (Lipinski definition) is 0. The number of pyridine rings is 1. The smallest absolute Gasteiger partial charge is 0.264 e. The first kappa shape index (κ1) is 16.5. The number of rotatable bonds is 3. The Morgan fingerprint density at radius 2 is 2.04 bits per heavy atom. The van der Waals surface area contributed by atoms with Gasteiger partial charge in [0.05, 0.1) is 4.88 Å². The number of piperazine rings is 1. The molecule has 0 aliphatic carbocycles. The predicted molar refractivity (Wildman–Crippen MR) is 98.5 cm³/mol. The normalized spacial score (nSPS) is 15.1. The molecule has 3 heterocycles. The molecule has 1 fully saturated rings. The number of nitrogens with zero attached hydrogens (tertiary/aromatic N) is 3. The van der Waals surface area contributed by atoms with E-state index in [1.54, 1.807) is 11.3 Å². The molecule has 3 rings (SSSR count). The summed E-state index contributed by atoms with van der Waals surface area (Å²) < 4.78 is 0.981. The van der Waals surface area contributed by atoms with Crippen molar-refractivity contribution in [2.45, 2.75) is 20.3 Å². The fourth-order valence-corrected chi connectivity index (χ4v) is 4.14. The van der Waals surface area contributed by atoms with Crippen LogP contribution in [0.2, 0.25) is 0 Å². The Kier molecular flexibility index (Phi) is 5.02. The van der Waals surface area contributed by atoms with Gasteiger partial charge >= 0.3 is 0 Å². The topological polar surface area (TPSA) is 36.4 Å². The summed E-state index contributed by atoms with van der Waals surface area (Å²) in [6.07, 6.45) is 2.80. The molecule has 1 saturated heterocycles. The molecule has 0 radical (unpaired) electrons. The van der Waals surface area contributed by atoms with Gasteiger partial charge in [-0.05, 0) is 53.0 Å². The lowest BCUT2D eigenvalue weighted by atomic mass is 10.2. The third-order valence-electron chi connectivity index (χ3n) is 4.21. The van der Waals surface area contributed by atoms with Gasteiger partial charge in [-0.15, -0.1) is 11.3 Å². The zero-order chi connectivity index (χ0) is 16.4. The Labute approximate surface area is 149 Å². The molecule has 23 heavy (non-hydrogen) atoms. The minimum Gasteiger partial charge on any atom is -0.353 e. The second kappa shape index (κ2) is 7.01. The number of anilines is 1. The van der Waals surface area contributed by atoms with Crippen LogP contribution in [0, 0.1) is 6.92 Å². The molecule has 2 aromatic heterocycles. The van der Waals surface area contributed by atoms with Gasteiger partial charge in [0.15, 0.2) is 0 Å². The predicted octanol–water partition coefficient (Wildman–Crippen LogP) is 3.74. The number of aromatic nitrogens is 1. The summed E-state index contributed by atoms with van der Waals surface area (Å²) in [7, 11) is 0. The van der Waals surface area contributed by atoms with Crippen molar-refractivity contribution >= 4 is 39.0 Å². The minimum absolute atomic E-state index is 0.168.